The Bertz CT molecular complexity index is 657. The quantitative estimate of drug-likeness (QED) is 0.821. The van der Waals surface area contributed by atoms with Gasteiger partial charge in [0.05, 0.1) is 5.41 Å². The molecule has 2 nitrogen and oxygen atoms in total. The number of hydrogen-bond acceptors (Lipinski definition) is 1. The van der Waals surface area contributed by atoms with Gasteiger partial charge in [0.25, 0.3) is 0 Å². The van der Waals surface area contributed by atoms with Gasteiger partial charge in [-0.15, -0.1) is 0 Å². The lowest BCUT2D eigenvalue weighted by molar-refractivity contribution is -0.123. The van der Waals surface area contributed by atoms with Crippen LogP contribution >= 0.6 is 0 Å². The highest BCUT2D eigenvalue weighted by Crippen LogP contribution is 2.60. The summed E-state index contributed by atoms with van der Waals surface area (Å²) in [4.78, 5) is 12.5. The second-order valence-electron chi connectivity index (χ2n) is 6.39. The van der Waals surface area contributed by atoms with E-state index in [0.29, 0.717) is 11.8 Å². The van der Waals surface area contributed by atoms with Crippen molar-refractivity contribution >= 4 is 12.0 Å². The molecule has 2 heteroatoms. The Kier molecular flexibility index (Phi) is 2.30. The topological polar surface area (TPSA) is 43.1 Å². The summed E-state index contributed by atoms with van der Waals surface area (Å²) in [6.45, 7) is 4.29. The molecule has 1 aromatic carbocycles. The maximum absolute atomic E-state index is 12.5. The highest BCUT2D eigenvalue weighted by Gasteiger charge is 2.59. The highest BCUT2D eigenvalue weighted by molar-refractivity contribution is 5.93. The summed E-state index contributed by atoms with van der Waals surface area (Å²) in [5, 5.41) is 0. The fourth-order valence-corrected chi connectivity index (χ4v) is 4.80. The lowest BCUT2D eigenvalue weighted by Crippen LogP contribution is -2.47. The zero-order valence-corrected chi connectivity index (χ0v) is 11.6. The smallest absolute Gasteiger partial charge is 0.232 e. The van der Waals surface area contributed by atoms with Gasteiger partial charge in [-0.05, 0) is 54.2 Å². The molecule has 0 aliphatic heterocycles. The average molecular weight is 265 g/mol. The zero-order valence-electron chi connectivity index (χ0n) is 11.6. The van der Waals surface area contributed by atoms with Crippen molar-refractivity contribution in [3.8, 4) is 0 Å². The van der Waals surface area contributed by atoms with Crippen molar-refractivity contribution in [2.45, 2.75) is 31.1 Å². The Balaban J connectivity index is 1.99. The number of allylic oxidation sites excluding steroid dienone is 1. The molecule has 3 aliphatic rings. The highest BCUT2D eigenvalue weighted by atomic mass is 16.1. The second kappa shape index (κ2) is 3.85. The zero-order chi connectivity index (χ0) is 13.9. The monoisotopic (exact) mass is 265 g/mol. The molecule has 0 aromatic heterocycles. The number of carbonyl (C=O) groups is 1. The van der Waals surface area contributed by atoms with Crippen molar-refractivity contribution in [3.05, 3.63) is 53.1 Å². The minimum Gasteiger partial charge on any atom is -0.369 e. The van der Waals surface area contributed by atoms with Crippen molar-refractivity contribution in [2.75, 3.05) is 0 Å². The summed E-state index contributed by atoms with van der Waals surface area (Å²) >= 11 is 0. The van der Waals surface area contributed by atoms with E-state index in [4.69, 9.17) is 5.73 Å². The van der Waals surface area contributed by atoms with Crippen molar-refractivity contribution in [1.29, 1.82) is 0 Å². The van der Waals surface area contributed by atoms with Crippen LogP contribution in [-0.4, -0.2) is 5.91 Å². The van der Waals surface area contributed by atoms with E-state index in [9.17, 15) is 4.79 Å². The van der Waals surface area contributed by atoms with Gasteiger partial charge in [0.15, 0.2) is 0 Å². The third-order valence-electron chi connectivity index (χ3n) is 5.68. The van der Waals surface area contributed by atoms with Crippen molar-refractivity contribution in [2.24, 2.45) is 17.6 Å². The number of carbonyl (C=O) groups excluding carboxylic acids is 1. The molecule has 20 heavy (non-hydrogen) atoms. The van der Waals surface area contributed by atoms with Crippen LogP contribution in [0.5, 0.6) is 0 Å². The van der Waals surface area contributed by atoms with Gasteiger partial charge in [-0.3, -0.25) is 4.79 Å². The van der Waals surface area contributed by atoms with Crippen LogP contribution < -0.4 is 5.73 Å². The summed E-state index contributed by atoms with van der Waals surface area (Å²) < 4.78 is 0. The van der Waals surface area contributed by atoms with Gasteiger partial charge in [-0.1, -0.05) is 42.5 Å². The molecule has 102 valence electrons. The minimum absolute atomic E-state index is 0.205. The van der Waals surface area contributed by atoms with E-state index in [0.717, 1.165) is 30.4 Å². The number of hydrogen-bond donors (Lipinski definition) is 1. The standard InChI is InChI=1S/C18H19NO/c1-11-13-8-9-14(10-13)18(11,17(19)20)16-7-3-5-12-4-2-6-15(12)16/h2-3,5-7,13-14H,1,4,8-10H2,(H2,19,20). The van der Waals surface area contributed by atoms with Gasteiger partial charge in [-0.25, -0.2) is 0 Å². The lowest BCUT2D eigenvalue weighted by atomic mass is 9.64. The number of rotatable bonds is 2. The first-order valence-electron chi connectivity index (χ1n) is 7.43. The molecule has 1 aromatic rings. The molecule has 3 atom stereocenters. The molecular weight excluding hydrogens is 246 g/mol. The van der Waals surface area contributed by atoms with Gasteiger partial charge in [0, 0.05) is 0 Å². The van der Waals surface area contributed by atoms with E-state index >= 15 is 0 Å². The van der Waals surface area contributed by atoms with E-state index in [-0.39, 0.29) is 5.91 Å². The summed E-state index contributed by atoms with van der Waals surface area (Å²) in [5.74, 6) is 0.620. The SMILES string of the molecule is C=C1C2CCC(C2)C1(C(N)=O)c1cccc2c1C=CC2. The number of amides is 1. The maximum Gasteiger partial charge on any atom is 0.232 e. The Morgan fingerprint density at radius 1 is 1.35 bits per heavy atom. The van der Waals surface area contributed by atoms with Gasteiger partial charge < -0.3 is 5.73 Å². The molecule has 2 fully saturated rings. The lowest BCUT2D eigenvalue weighted by Gasteiger charge is -2.38. The molecule has 2 N–H and O–H groups in total. The molecule has 0 heterocycles. The van der Waals surface area contributed by atoms with Crippen LogP contribution in [0.25, 0.3) is 6.08 Å². The third-order valence-corrected chi connectivity index (χ3v) is 5.68. The van der Waals surface area contributed by atoms with E-state index in [2.05, 4.69) is 36.9 Å². The Morgan fingerprint density at radius 2 is 2.20 bits per heavy atom. The summed E-state index contributed by atoms with van der Waals surface area (Å²) in [6.07, 6.45) is 8.62. The fraction of sp³-hybridized carbons (Fsp3) is 0.389. The Hall–Kier alpha value is -1.83. The number of fused-ring (bicyclic) bond motifs is 3. The molecule has 4 rings (SSSR count). The first-order valence-corrected chi connectivity index (χ1v) is 7.43. The normalized spacial score (nSPS) is 33.7. The number of primary amides is 1. The van der Waals surface area contributed by atoms with Gasteiger partial charge in [0.2, 0.25) is 5.91 Å². The summed E-state index contributed by atoms with van der Waals surface area (Å²) in [7, 11) is 0. The van der Waals surface area contributed by atoms with Crippen LogP contribution in [0.3, 0.4) is 0 Å². The molecule has 1 amide bonds. The van der Waals surface area contributed by atoms with Gasteiger partial charge >= 0.3 is 0 Å². The second-order valence-corrected chi connectivity index (χ2v) is 6.39. The fourth-order valence-electron chi connectivity index (χ4n) is 4.80. The molecule has 3 aliphatic carbocycles. The van der Waals surface area contributed by atoms with Crippen LogP contribution in [0.2, 0.25) is 0 Å². The molecular formula is C18H19NO. The summed E-state index contributed by atoms with van der Waals surface area (Å²) in [5.41, 5.74) is 9.97. The van der Waals surface area contributed by atoms with E-state index in [1.807, 2.05) is 0 Å². The number of benzene rings is 1. The average Bonchev–Trinajstić information content (AvgIpc) is 3.12. The molecule has 3 unspecified atom stereocenters. The van der Waals surface area contributed by atoms with Crippen LogP contribution in [0.1, 0.15) is 36.0 Å². The Labute approximate surface area is 119 Å². The molecule has 0 spiro atoms. The van der Waals surface area contributed by atoms with Crippen LogP contribution in [0.15, 0.2) is 36.4 Å². The van der Waals surface area contributed by atoms with E-state index < -0.39 is 5.41 Å². The predicted molar refractivity (Wildman–Crippen MR) is 80.0 cm³/mol. The minimum atomic E-state index is -0.622. The molecule has 0 radical (unpaired) electrons. The molecule has 2 bridgehead atoms. The van der Waals surface area contributed by atoms with E-state index in [1.54, 1.807) is 0 Å². The Morgan fingerprint density at radius 3 is 2.90 bits per heavy atom. The molecule has 0 saturated heterocycles. The molecule has 2 saturated carbocycles. The first-order chi connectivity index (χ1) is 9.65. The van der Waals surface area contributed by atoms with Crippen molar-refractivity contribution in [1.82, 2.24) is 0 Å². The van der Waals surface area contributed by atoms with E-state index in [1.165, 1.54) is 17.5 Å². The maximum atomic E-state index is 12.5. The van der Waals surface area contributed by atoms with Gasteiger partial charge in [0.1, 0.15) is 0 Å². The van der Waals surface area contributed by atoms with Crippen molar-refractivity contribution in [3.63, 3.8) is 0 Å². The first kappa shape index (κ1) is 12.0. The predicted octanol–water partition coefficient (Wildman–Crippen LogP) is 2.97. The third kappa shape index (κ3) is 1.22. The van der Waals surface area contributed by atoms with Gasteiger partial charge in [-0.2, -0.15) is 0 Å². The largest absolute Gasteiger partial charge is 0.369 e. The van der Waals surface area contributed by atoms with Crippen LogP contribution in [0, 0.1) is 11.8 Å². The van der Waals surface area contributed by atoms with Crippen LogP contribution in [-0.2, 0) is 16.6 Å². The number of nitrogens with two attached hydrogens (primary N) is 1. The summed E-state index contributed by atoms with van der Waals surface area (Å²) in [6, 6.07) is 6.29. The van der Waals surface area contributed by atoms with Crippen LogP contribution in [0.4, 0.5) is 0 Å². The van der Waals surface area contributed by atoms with Crippen molar-refractivity contribution < 1.29 is 4.79 Å².